The molecule has 122 valence electrons. The van der Waals surface area contributed by atoms with Crippen LogP contribution in [-0.4, -0.2) is 12.0 Å². The fourth-order valence-electron chi connectivity index (χ4n) is 2.21. The molecule has 3 N–H and O–H groups in total. The van der Waals surface area contributed by atoms with Gasteiger partial charge in [0.25, 0.3) is 0 Å². The molecule has 0 spiro atoms. The van der Waals surface area contributed by atoms with Crippen LogP contribution in [0.2, 0.25) is 0 Å². The summed E-state index contributed by atoms with van der Waals surface area (Å²) >= 11 is 0. The lowest BCUT2D eigenvalue weighted by atomic mass is 10.0. The molecule has 0 aliphatic carbocycles. The average molecular weight is 407 g/mol. The summed E-state index contributed by atoms with van der Waals surface area (Å²) in [4.78, 5) is 4.38. The second-order valence-corrected chi connectivity index (χ2v) is 6.01. The van der Waals surface area contributed by atoms with Gasteiger partial charge < -0.3 is 15.5 Å². The summed E-state index contributed by atoms with van der Waals surface area (Å²) in [6, 6.07) is 2.38. The zero-order chi connectivity index (χ0) is 15.1. The lowest BCUT2D eigenvalue weighted by molar-refractivity contribution is 0.493. The van der Waals surface area contributed by atoms with E-state index in [0.29, 0.717) is 18.5 Å². The Labute approximate surface area is 146 Å². The first-order chi connectivity index (χ1) is 9.38. The minimum Gasteiger partial charge on any atom is -0.466 e. The number of aryl methyl sites for hydroxylation is 2. The van der Waals surface area contributed by atoms with Crippen LogP contribution in [0.25, 0.3) is 0 Å². The highest BCUT2D eigenvalue weighted by Gasteiger charge is 2.06. The Morgan fingerprint density at radius 3 is 2.48 bits per heavy atom. The van der Waals surface area contributed by atoms with E-state index in [4.69, 9.17) is 10.2 Å². The van der Waals surface area contributed by atoms with Crippen LogP contribution in [0.4, 0.5) is 0 Å². The predicted molar refractivity (Wildman–Crippen MR) is 100 cm³/mol. The topological polar surface area (TPSA) is 63.5 Å². The summed E-state index contributed by atoms with van der Waals surface area (Å²) in [5.41, 5.74) is 7.02. The molecule has 1 atom stereocenters. The van der Waals surface area contributed by atoms with Gasteiger partial charge in [0.1, 0.15) is 11.5 Å². The van der Waals surface area contributed by atoms with E-state index in [0.717, 1.165) is 29.4 Å². The van der Waals surface area contributed by atoms with Gasteiger partial charge in [0.2, 0.25) is 0 Å². The third kappa shape index (κ3) is 8.34. The Balaban J connectivity index is 0.00000400. The van der Waals surface area contributed by atoms with Crippen LogP contribution in [-0.2, 0) is 6.54 Å². The Morgan fingerprint density at radius 1 is 1.29 bits per heavy atom. The first-order valence-corrected chi connectivity index (χ1v) is 7.50. The highest BCUT2D eigenvalue weighted by molar-refractivity contribution is 14.0. The molecular weight excluding hydrogens is 377 g/mol. The van der Waals surface area contributed by atoms with Crippen molar-refractivity contribution in [2.75, 3.05) is 0 Å². The van der Waals surface area contributed by atoms with Gasteiger partial charge in [-0.25, -0.2) is 4.99 Å². The molecule has 0 amide bonds. The van der Waals surface area contributed by atoms with Crippen LogP contribution in [0.1, 0.15) is 57.1 Å². The highest BCUT2D eigenvalue weighted by atomic mass is 127. The molecule has 1 aromatic rings. The standard InChI is InChI=1S/C16H29N3O.HI/c1-11(2)7-6-8-12(3)19-16(17)18-10-15-9-13(4)20-14(15)5;/h9,11-12H,6-8,10H2,1-5H3,(H3,17,18,19);1H. The third-order valence-electron chi connectivity index (χ3n) is 3.38. The van der Waals surface area contributed by atoms with E-state index in [1.54, 1.807) is 0 Å². The van der Waals surface area contributed by atoms with Crippen LogP contribution >= 0.6 is 24.0 Å². The maximum atomic E-state index is 5.92. The van der Waals surface area contributed by atoms with Crippen molar-refractivity contribution >= 4 is 29.9 Å². The van der Waals surface area contributed by atoms with Crippen molar-refractivity contribution in [1.29, 1.82) is 0 Å². The second kappa shape index (κ2) is 10.1. The molecule has 0 saturated heterocycles. The lowest BCUT2D eigenvalue weighted by Crippen LogP contribution is -2.38. The molecule has 0 radical (unpaired) electrons. The molecule has 21 heavy (non-hydrogen) atoms. The minimum atomic E-state index is 0. The van der Waals surface area contributed by atoms with Gasteiger partial charge in [-0.15, -0.1) is 24.0 Å². The molecule has 1 aromatic heterocycles. The van der Waals surface area contributed by atoms with Crippen molar-refractivity contribution in [2.45, 2.75) is 66.5 Å². The molecule has 0 aliphatic rings. The number of furan rings is 1. The van der Waals surface area contributed by atoms with Crippen LogP contribution < -0.4 is 11.1 Å². The van der Waals surface area contributed by atoms with Gasteiger partial charge >= 0.3 is 0 Å². The fraction of sp³-hybridized carbons (Fsp3) is 0.688. The quantitative estimate of drug-likeness (QED) is 0.406. The summed E-state index contributed by atoms with van der Waals surface area (Å²) in [7, 11) is 0. The number of rotatable bonds is 7. The van der Waals surface area contributed by atoms with E-state index >= 15 is 0 Å². The monoisotopic (exact) mass is 407 g/mol. The van der Waals surface area contributed by atoms with E-state index in [1.807, 2.05) is 19.9 Å². The van der Waals surface area contributed by atoms with Crippen molar-refractivity contribution in [3.63, 3.8) is 0 Å². The number of guanidine groups is 1. The van der Waals surface area contributed by atoms with Crippen molar-refractivity contribution in [3.05, 3.63) is 23.2 Å². The average Bonchev–Trinajstić information content (AvgIpc) is 2.64. The van der Waals surface area contributed by atoms with Gasteiger partial charge in [-0.2, -0.15) is 0 Å². The smallest absolute Gasteiger partial charge is 0.189 e. The molecule has 0 aromatic carbocycles. The number of nitrogens with zero attached hydrogens (tertiary/aromatic N) is 1. The van der Waals surface area contributed by atoms with Crippen molar-refractivity contribution in [3.8, 4) is 0 Å². The highest BCUT2D eigenvalue weighted by Crippen LogP contribution is 2.14. The van der Waals surface area contributed by atoms with Gasteiger partial charge in [-0.05, 0) is 39.2 Å². The molecule has 0 aliphatic heterocycles. The third-order valence-corrected chi connectivity index (χ3v) is 3.38. The lowest BCUT2D eigenvalue weighted by Gasteiger charge is -2.15. The number of nitrogens with two attached hydrogens (primary N) is 1. The zero-order valence-electron chi connectivity index (χ0n) is 13.9. The molecule has 0 saturated carbocycles. The largest absolute Gasteiger partial charge is 0.466 e. The maximum Gasteiger partial charge on any atom is 0.189 e. The molecule has 1 rings (SSSR count). The zero-order valence-corrected chi connectivity index (χ0v) is 16.2. The molecule has 4 nitrogen and oxygen atoms in total. The van der Waals surface area contributed by atoms with E-state index in [-0.39, 0.29) is 24.0 Å². The first kappa shape index (κ1) is 20.3. The fourth-order valence-corrected chi connectivity index (χ4v) is 2.21. The summed E-state index contributed by atoms with van der Waals surface area (Å²) in [5, 5.41) is 3.25. The summed E-state index contributed by atoms with van der Waals surface area (Å²) in [6.45, 7) is 11.1. The molecule has 5 heteroatoms. The molecular formula is C16H30IN3O. The Morgan fingerprint density at radius 2 is 1.95 bits per heavy atom. The Bertz CT molecular complexity index is 441. The molecule has 0 bridgehead atoms. The predicted octanol–water partition coefficient (Wildman–Crippen LogP) is 4.13. The molecule has 0 fully saturated rings. The number of nitrogens with one attached hydrogen (secondary N) is 1. The van der Waals surface area contributed by atoms with Gasteiger partial charge in [-0.1, -0.05) is 26.7 Å². The Hall–Kier alpha value is -0.720. The van der Waals surface area contributed by atoms with E-state index in [1.165, 1.54) is 12.8 Å². The van der Waals surface area contributed by atoms with Gasteiger partial charge in [-0.3, -0.25) is 0 Å². The number of aliphatic imine (C=N–C) groups is 1. The summed E-state index contributed by atoms with van der Waals surface area (Å²) < 4.78 is 5.47. The van der Waals surface area contributed by atoms with E-state index in [2.05, 4.69) is 31.1 Å². The Kier molecular flexibility index (Phi) is 9.74. The SMILES string of the molecule is Cc1cc(CN=C(N)NC(C)CCCC(C)C)c(C)o1.I. The minimum absolute atomic E-state index is 0. The first-order valence-electron chi connectivity index (χ1n) is 7.50. The van der Waals surface area contributed by atoms with Crippen LogP contribution in [0.15, 0.2) is 15.5 Å². The molecule has 1 heterocycles. The van der Waals surface area contributed by atoms with Gasteiger partial charge in [0.05, 0.1) is 6.54 Å². The van der Waals surface area contributed by atoms with Crippen LogP contribution in [0.3, 0.4) is 0 Å². The van der Waals surface area contributed by atoms with Gasteiger partial charge in [0, 0.05) is 11.6 Å². The second-order valence-electron chi connectivity index (χ2n) is 6.01. The summed E-state index contributed by atoms with van der Waals surface area (Å²) in [6.07, 6.45) is 3.61. The van der Waals surface area contributed by atoms with E-state index in [9.17, 15) is 0 Å². The normalized spacial score (nSPS) is 13.1. The van der Waals surface area contributed by atoms with Gasteiger partial charge in [0.15, 0.2) is 5.96 Å². The maximum absolute atomic E-state index is 5.92. The van der Waals surface area contributed by atoms with Crippen molar-refractivity contribution in [2.24, 2.45) is 16.6 Å². The van der Waals surface area contributed by atoms with E-state index < -0.39 is 0 Å². The number of hydrogen-bond acceptors (Lipinski definition) is 2. The number of hydrogen-bond donors (Lipinski definition) is 2. The van der Waals surface area contributed by atoms with Crippen molar-refractivity contribution in [1.82, 2.24) is 5.32 Å². The molecule has 1 unspecified atom stereocenters. The van der Waals surface area contributed by atoms with Crippen LogP contribution in [0.5, 0.6) is 0 Å². The van der Waals surface area contributed by atoms with Crippen LogP contribution in [0, 0.1) is 19.8 Å². The summed E-state index contributed by atoms with van der Waals surface area (Å²) in [5.74, 6) is 3.12. The number of halogens is 1. The van der Waals surface area contributed by atoms with Crippen molar-refractivity contribution < 1.29 is 4.42 Å².